The van der Waals surface area contributed by atoms with Gasteiger partial charge < -0.3 is 5.11 Å². The van der Waals surface area contributed by atoms with Crippen molar-refractivity contribution in [2.75, 3.05) is 0 Å². The van der Waals surface area contributed by atoms with Crippen LogP contribution in [0, 0.1) is 49.9 Å². The summed E-state index contributed by atoms with van der Waals surface area (Å²) >= 11 is 0. The van der Waals surface area contributed by atoms with Gasteiger partial charge in [-0.25, -0.2) is 0 Å². The Morgan fingerprint density at radius 2 is 2.29 bits per heavy atom. The zero-order valence-corrected chi connectivity index (χ0v) is 12.6. The molecule has 0 saturated heterocycles. The van der Waals surface area contributed by atoms with Crippen LogP contribution in [0.15, 0.2) is 12.7 Å². The van der Waals surface area contributed by atoms with Crippen LogP contribution in [0.5, 0.6) is 0 Å². The van der Waals surface area contributed by atoms with E-state index in [1.807, 2.05) is 0 Å². The van der Waals surface area contributed by atoms with Crippen molar-refractivity contribution >= 4 is 5.97 Å². The van der Waals surface area contributed by atoms with Crippen LogP contribution in [0.2, 0.25) is 0 Å². The zero-order valence-electron chi connectivity index (χ0n) is 4.35. The predicted octanol–water partition coefficient (Wildman–Crippen LogP) is 0.647. The number of rotatable bonds is 2. The summed E-state index contributed by atoms with van der Waals surface area (Å²) in [6.07, 6.45) is 1.41. The summed E-state index contributed by atoms with van der Waals surface area (Å²) in [6, 6.07) is 0. The minimum Gasteiger partial charge on any atom is -0.481 e. The molecule has 0 aliphatic heterocycles. The van der Waals surface area contributed by atoms with Crippen molar-refractivity contribution in [3.63, 3.8) is 0 Å². The van der Waals surface area contributed by atoms with Crippen LogP contribution in [0.25, 0.3) is 0 Å². The summed E-state index contributed by atoms with van der Waals surface area (Å²) in [4.78, 5) is 9.53. The third-order valence-electron chi connectivity index (χ3n) is 0.319. The summed E-state index contributed by atoms with van der Waals surface area (Å²) in [7, 11) is 0. The van der Waals surface area contributed by atoms with Crippen LogP contribution in [0.3, 0.4) is 0 Å². The van der Waals surface area contributed by atoms with E-state index >= 15 is 0 Å². The Morgan fingerprint density at radius 3 is 2.29 bits per heavy atom. The molecule has 1 radical (unpaired) electrons. The Bertz CT molecular complexity index is 70.1. The monoisotopic (exact) mass is 309 g/mol. The van der Waals surface area contributed by atoms with Gasteiger partial charge in [0.15, 0.2) is 0 Å². The second-order valence-electron chi connectivity index (χ2n) is 0.887. The second kappa shape index (κ2) is 6.81. The van der Waals surface area contributed by atoms with Crippen molar-refractivity contribution in [3.05, 3.63) is 12.7 Å². The fraction of sp³-hybridized carbons (Fsp3) is 0.250. The zero-order chi connectivity index (χ0) is 4.99. The predicted molar refractivity (Wildman–Crippen MR) is 22.4 cm³/mol. The molecule has 0 saturated carbocycles. The first kappa shape index (κ1) is 10.7. The maximum absolute atomic E-state index is 9.53. The molecule has 35 valence electrons. The van der Waals surface area contributed by atoms with Gasteiger partial charge in [-0.3, -0.25) is 4.79 Å². The Morgan fingerprint density at radius 1 is 1.86 bits per heavy atom. The maximum Gasteiger partial charge on any atom is 0.307 e. The second-order valence-corrected chi connectivity index (χ2v) is 0.887. The fourth-order valence-electron chi connectivity index (χ4n) is 0.123. The van der Waals surface area contributed by atoms with Crippen molar-refractivity contribution < 1.29 is 59.8 Å². The van der Waals surface area contributed by atoms with Gasteiger partial charge in [-0.05, 0) is 0 Å². The molecule has 3 heteroatoms. The SMILES string of the molecule is C=CCC(=O)O.[Fr]. The molecule has 0 rings (SSSR count). The van der Waals surface area contributed by atoms with E-state index in [4.69, 9.17) is 5.11 Å². The van der Waals surface area contributed by atoms with Crippen LogP contribution in [0.1, 0.15) is 6.42 Å². The molecule has 0 unspecified atom stereocenters. The van der Waals surface area contributed by atoms with Crippen LogP contribution in [-0.4, -0.2) is 11.1 Å². The topological polar surface area (TPSA) is 37.3 Å². The number of aliphatic carboxylic acids is 1. The van der Waals surface area contributed by atoms with Crippen LogP contribution in [0.4, 0.5) is 0 Å². The minimum atomic E-state index is -0.829. The van der Waals surface area contributed by atoms with Gasteiger partial charge in [-0.15, -0.1) is 6.58 Å². The van der Waals surface area contributed by atoms with Crippen molar-refractivity contribution in [2.45, 2.75) is 6.42 Å². The number of hydrogen-bond donors (Lipinski definition) is 1. The summed E-state index contributed by atoms with van der Waals surface area (Å²) in [6.45, 7) is 3.22. The molecular weight excluding hydrogens is 303 g/mol. The van der Waals surface area contributed by atoms with Crippen LogP contribution >= 0.6 is 0 Å². The summed E-state index contributed by atoms with van der Waals surface area (Å²) in [5.41, 5.74) is 0. The number of carboxylic acid groups (broad SMARTS) is 1. The van der Waals surface area contributed by atoms with Gasteiger partial charge in [0.25, 0.3) is 0 Å². The van der Waals surface area contributed by atoms with E-state index in [-0.39, 0.29) is 56.3 Å². The molecule has 0 aromatic rings. The van der Waals surface area contributed by atoms with Gasteiger partial charge in [-0.2, -0.15) is 0 Å². The molecule has 0 heterocycles. The molecule has 0 aromatic carbocycles. The van der Waals surface area contributed by atoms with Gasteiger partial charge in [-0.1, -0.05) is 6.08 Å². The van der Waals surface area contributed by atoms with Gasteiger partial charge in [0.1, 0.15) is 0 Å². The largest absolute Gasteiger partial charge is 0.481 e. The Hall–Kier alpha value is 0.807. The Kier molecular flexibility index (Phi) is 10.4. The molecule has 2 nitrogen and oxygen atoms in total. The quantitative estimate of drug-likeness (QED) is 0.761. The molecule has 0 fully saturated rings. The standard InChI is InChI=1S/C4H6O2.Fr/c1-2-3-4(5)6;/h2H,1,3H2,(H,5,6);. The van der Waals surface area contributed by atoms with E-state index in [1.165, 1.54) is 6.08 Å². The molecule has 0 aliphatic carbocycles. The molecule has 0 spiro atoms. The van der Waals surface area contributed by atoms with E-state index in [0.717, 1.165) is 0 Å². The number of hydrogen-bond acceptors (Lipinski definition) is 1. The van der Waals surface area contributed by atoms with Crippen molar-refractivity contribution in [1.29, 1.82) is 0 Å². The fourth-order valence-corrected chi connectivity index (χ4v) is 0.123. The molecular formula is C4H6FrO2. The number of carbonyl (C=O) groups is 1. The van der Waals surface area contributed by atoms with Gasteiger partial charge in [0, 0.05) is 49.9 Å². The van der Waals surface area contributed by atoms with Crippen molar-refractivity contribution in [3.8, 4) is 0 Å². The van der Waals surface area contributed by atoms with Gasteiger partial charge >= 0.3 is 5.97 Å². The first-order chi connectivity index (χ1) is 2.77. The van der Waals surface area contributed by atoms with Crippen LogP contribution in [-0.2, 0) is 4.79 Å². The normalized spacial score (nSPS) is 6.29. The van der Waals surface area contributed by atoms with E-state index < -0.39 is 5.97 Å². The molecule has 0 aliphatic rings. The third-order valence-corrected chi connectivity index (χ3v) is 0.319. The van der Waals surface area contributed by atoms with Gasteiger partial charge in [0.05, 0.1) is 6.42 Å². The molecule has 0 aromatic heterocycles. The summed E-state index contributed by atoms with van der Waals surface area (Å²) in [5, 5.41) is 7.84. The molecule has 0 amide bonds. The van der Waals surface area contributed by atoms with Crippen molar-refractivity contribution in [2.24, 2.45) is 0 Å². The Balaban J connectivity index is 0. The minimum absolute atomic E-state index is 0. The molecule has 0 atom stereocenters. The summed E-state index contributed by atoms with van der Waals surface area (Å²) in [5.74, 6) is -0.829. The average molecular weight is 309 g/mol. The van der Waals surface area contributed by atoms with E-state index in [1.54, 1.807) is 0 Å². The Labute approximate surface area is 83.6 Å². The maximum atomic E-state index is 9.53. The number of carboxylic acids is 1. The van der Waals surface area contributed by atoms with E-state index in [2.05, 4.69) is 6.58 Å². The van der Waals surface area contributed by atoms with Crippen molar-refractivity contribution in [1.82, 2.24) is 0 Å². The van der Waals surface area contributed by atoms with E-state index in [9.17, 15) is 4.79 Å². The smallest absolute Gasteiger partial charge is 0.307 e. The molecule has 1 N–H and O–H groups in total. The van der Waals surface area contributed by atoms with Gasteiger partial charge in [0.2, 0.25) is 0 Å². The summed E-state index contributed by atoms with van der Waals surface area (Å²) < 4.78 is 0. The third kappa shape index (κ3) is 10.9. The average Bonchev–Trinajstić information content (AvgIpc) is 1.35. The first-order valence-corrected chi connectivity index (χ1v) is 1.60. The van der Waals surface area contributed by atoms with E-state index in [0.29, 0.717) is 0 Å². The van der Waals surface area contributed by atoms with Crippen LogP contribution < -0.4 is 0 Å². The molecule has 0 bridgehead atoms. The molecule has 7 heavy (non-hydrogen) atoms. The first-order valence-electron chi connectivity index (χ1n) is 1.60.